The van der Waals surface area contributed by atoms with Crippen molar-refractivity contribution in [2.75, 3.05) is 5.32 Å². The van der Waals surface area contributed by atoms with Gasteiger partial charge in [0.2, 0.25) is 0 Å². The van der Waals surface area contributed by atoms with E-state index in [2.05, 4.69) is 5.32 Å². The number of aliphatic hydroxyl groups is 1. The Balaban J connectivity index is 2.22. The number of nitriles is 1. The fourth-order valence-corrected chi connectivity index (χ4v) is 2.15. The van der Waals surface area contributed by atoms with E-state index in [-0.39, 0.29) is 5.69 Å². The number of aliphatic hydroxyl groups excluding tert-OH is 1. The van der Waals surface area contributed by atoms with Gasteiger partial charge in [-0.05, 0) is 56.2 Å². The number of benzene rings is 2. The minimum atomic E-state index is -1.02. The molecule has 0 aliphatic carbocycles. The highest BCUT2D eigenvalue weighted by molar-refractivity contribution is 5.85. The number of carbonyl (C=O) groups is 1. The summed E-state index contributed by atoms with van der Waals surface area (Å²) in [6.45, 7) is 5.11. The van der Waals surface area contributed by atoms with Crippen molar-refractivity contribution in [3.8, 4) is 6.07 Å². The van der Waals surface area contributed by atoms with Gasteiger partial charge >= 0.3 is 6.09 Å². The van der Waals surface area contributed by atoms with Crippen molar-refractivity contribution in [1.82, 2.24) is 0 Å². The molecule has 0 bridgehead atoms. The average molecular weight is 342 g/mol. The Kier molecular flexibility index (Phi) is 5.40. The van der Waals surface area contributed by atoms with Crippen LogP contribution in [0.4, 0.5) is 14.9 Å². The molecule has 6 heteroatoms. The summed E-state index contributed by atoms with van der Waals surface area (Å²) >= 11 is 0. The standard InChI is InChI=1S/C19H19FN2O3/c1-19(2,3)25-18(24)22-16-10-14(8-9-15(16)20)17(23)13-6-4-12(11-21)5-7-13/h4-10,17,23H,1-3H3,(H,22,24). The number of anilines is 1. The second kappa shape index (κ2) is 7.32. The second-order valence-corrected chi connectivity index (χ2v) is 6.50. The largest absolute Gasteiger partial charge is 0.444 e. The number of hydrogen-bond donors (Lipinski definition) is 2. The highest BCUT2D eigenvalue weighted by Crippen LogP contribution is 2.26. The van der Waals surface area contributed by atoms with E-state index in [0.29, 0.717) is 16.7 Å². The number of nitrogens with one attached hydrogen (secondary N) is 1. The third-order valence-corrected chi connectivity index (χ3v) is 3.30. The number of carbonyl (C=O) groups excluding carboxylic acids is 1. The van der Waals surface area contributed by atoms with Crippen molar-refractivity contribution in [3.63, 3.8) is 0 Å². The van der Waals surface area contributed by atoms with Crippen molar-refractivity contribution in [2.24, 2.45) is 0 Å². The van der Waals surface area contributed by atoms with Gasteiger partial charge < -0.3 is 9.84 Å². The lowest BCUT2D eigenvalue weighted by Gasteiger charge is -2.20. The van der Waals surface area contributed by atoms with Crippen LogP contribution in [-0.2, 0) is 4.74 Å². The Labute approximate surface area is 145 Å². The lowest BCUT2D eigenvalue weighted by molar-refractivity contribution is 0.0635. The van der Waals surface area contributed by atoms with Crippen molar-refractivity contribution in [3.05, 3.63) is 65.0 Å². The highest BCUT2D eigenvalue weighted by Gasteiger charge is 2.19. The van der Waals surface area contributed by atoms with Crippen molar-refractivity contribution in [1.29, 1.82) is 5.26 Å². The summed E-state index contributed by atoms with van der Waals surface area (Å²) in [5, 5.41) is 21.6. The molecule has 0 heterocycles. The Morgan fingerprint density at radius 1 is 1.20 bits per heavy atom. The third kappa shape index (κ3) is 5.03. The number of nitrogens with zero attached hydrogens (tertiary/aromatic N) is 1. The number of amides is 1. The Hall–Kier alpha value is -2.91. The molecule has 2 aromatic rings. The van der Waals surface area contributed by atoms with Gasteiger partial charge in [-0.15, -0.1) is 0 Å². The summed E-state index contributed by atoms with van der Waals surface area (Å²) in [6, 6.07) is 12.3. The molecule has 0 saturated heterocycles. The lowest BCUT2D eigenvalue weighted by Crippen LogP contribution is -2.27. The van der Waals surface area contributed by atoms with Gasteiger partial charge in [-0.2, -0.15) is 5.26 Å². The fourth-order valence-electron chi connectivity index (χ4n) is 2.15. The van der Waals surface area contributed by atoms with Gasteiger partial charge in [-0.1, -0.05) is 18.2 Å². The first-order valence-corrected chi connectivity index (χ1v) is 7.67. The summed E-state index contributed by atoms with van der Waals surface area (Å²) in [5.41, 5.74) is 0.632. The number of hydrogen-bond acceptors (Lipinski definition) is 4. The zero-order valence-corrected chi connectivity index (χ0v) is 14.2. The van der Waals surface area contributed by atoms with Crippen molar-refractivity contribution >= 4 is 11.8 Å². The monoisotopic (exact) mass is 342 g/mol. The van der Waals surface area contributed by atoms with Crippen LogP contribution in [0.15, 0.2) is 42.5 Å². The first-order chi connectivity index (χ1) is 11.7. The molecular weight excluding hydrogens is 323 g/mol. The molecule has 2 N–H and O–H groups in total. The first-order valence-electron chi connectivity index (χ1n) is 7.67. The molecule has 2 rings (SSSR count). The predicted molar refractivity (Wildman–Crippen MR) is 91.5 cm³/mol. The van der Waals surface area contributed by atoms with E-state index in [9.17, 15) is 14.3 Å². The van der Waals surface area contributed by atoms with Crippen LogP contribution in [0, 0.1) is 17.1 Å². The summed E-state index contributed by atoms with van der Waals surface area (Å²) in [4.78, 5) is 11.8. The number of halogens is 1. The molecule has 1 unspecified atom stereocenters. The second-order valence-electron chi connectivity index (χ2n) is 6.50. The molecule has 1 amide bonds. The zero-order chi connectivity index (χ0) is 18.6. The summed E-state index contributed by atoms with van der Waals surface area (Å²) in [7, 11) is 0. The van der Waals surface area contributed by atoms with Gasteiger partial charge in [-0.3, -0.25) is 5.32 Å². The Bertz CT molecular complexity index is 805. The minimum Gasteiger partial charge on any atom is -0.444 e. The maximum atomic E-state index is 13.9. The third-order valence-electron chi connectivity index (χ3n) is 3.30. The van der Waals surface area contributed by atoms with E-state index < -0.39 is 23.6 Å². The van der Waals surface area contributed by atoms with Gasteiger partial charge in [0.1, 0.15) is 17.5 Å². The van der Waals surface area contributed by atoms with E-state index in [1.807, 2.05) is 6.07 Å². The van der Waals surface area contributed by atoms with Gasteiger partial charge in [-0.25, -0.2) is 9.18 Å². The van der Waals surface area contributed by atoms with Crippen LogP contribution < -0.4 is 5.32 Å². The molecule has 0 spiro atoms. The minimum absolute atomic E-state index is 0.0838. The molecule has 130 valence electrons. The topological polar surface area (TPSA) is 82.3 Å². The maximum Gasteiger partial charge on any atom is 0.412 e. The van der Waals surface area contributed by atoms with Crippen LogP contribution in [0.3, 0.4) is 0 Å². The van der Waals surface area contributed by atoms with Crippen molar-refractivity contribution in [2.45, 2.75) is 32.5 Å². The van der Waals surface area contributed by atoms with Crippen LogP contribution in [0.25, 0.3) is 0 Å². The fraction of sp³-hybridized carbons (Fsp3) is 0.263. The van der Waals surface area contributed by atoms with Gasteiger partial charge in [0, 0.05) is 0 Å². The number of rotatable bonds is 3. The van der Waals surface area contributed by atoms with Crippen LogP contribution in [0.5, 0.6) is 0 Å². The van der Waals surface area contributed by atoms with Gasteiger partial charge in [0.25, 0.3) is 0 Å². The van der Waals surface area contributed by atoms with Crippen LogP contribution in [0.2, 0.25) is 0 Å². The molecular formula is C19H19FN2O3. The molecule has 0 aliphatic rings. The van der Waals surface area contributed by atoms with Crippen LogP contribution in [0.1, 0.15) is 43.6 Å². The summed E-state index contributed by atoms with van der Waals surface area (Å²) in [6.07, 6.45) is -1.80. The van der Waals surface area contributed by atoms with E-state index in [1.54, 1.807) is 45.0 Å². The molecule has 1 atom stereocenters. The lowest BCUT2D eigenvalue weighted by atomic mass is 10.00. The Morgan fingerprint density at radius 3 is 2.36 bits per heavy atom. The van der Waals surface area contributed by atoms with E-state index in [1.165, 1.54) is 12.1 Å². The smallest absolute Gasteiger partial charge is 0.412 e. The van der Waals surface area contributed by atoms with Crippen molar-refractivity contribution < 1.29 is 19.0 Å². The van der Waals surface area contributed by atoms with Crippen LogP contribution in [-0.4, -0.2) is 16.8 Å². The average Bonchev–Trinajstić information content (AvgIpc) is 2.54. The van der Waals surface area contributed by atoms with E-state index >= 15 is 0 Å². The molecule has 0 saturated carbocycles. The number of ether oxygens (including phenoxy) is 1. The molecule has 2 aromatic carbocycles. The molecule has 0 aromatic heterocycles. The molecule has 0 aliphatic heterocycles. The maximum absolute atomic E-state index is 13.9. The van der Waals surface area contributed by atoms with E-state index in [0.717, 1.165) is 6.07 Å². The quantitative estimate of drug-likeness (QED) is 0.879. The SMILES string of the molecule is CC(C)(C)OC(=O)Nc1cc(C(O)c2ccc(C#N)cc2)ccc1F. The molecule has 5 nitrogen and oxygen atoms in total. The van der Waals surface area contributed by atoms with Crippen LogP contribution >= 0.6 is 0 Å². The van der Waals surface area contributed by atoms with Gasteiger partial charge in [0.15, 0.2) is 0 Å². The highest BCUT2D eigenvalue weighted by atomic mass is 19.1. The molecule has 0 fully saturated rings. The normalized spacial score (nSPS) is 12.2. The predicted octanol–water partition coefficient (Wildman–Crippen LogP) is 4.13. The first kappa shape index (κ1) is 18.4. The van der Waals surface area contributed by atoms with E-state index in [4.69, 9.17) is 10.00 Å². The molecule has 25 heavy (non-hydrogen) atoms. The zero-order valence-electron chi connectivity index (χ0n) is 14.2. The summed E-state index contributed by atoms with van der Waals surface area (Å²) < 4.78 is 19.0. The molecule has 0 radical (unpaired) electrons. The Morgan fingerprint density at radius 2 is 1.80 bits per heavy atom. The van der Waals surface area contributed by atoms with Gasteiger partial charge in [0.05, 0.1) is 17.3 Å². The summed E-state index contributed by atoms with van der Waals surface area (Å²) in [5.74, 6) is -0.637.